The minimum absolute atomic E-state index is 0.0253. The third-order valence-electron chi connectivity index (χ3n) is 8.20. The Morgan fingerprint density at radius 2 is 1.15 bits per heavy atom. The largest absolute Gasteiger partial charge is 0.394 e. The lowest BCUT2D eigenvalue weighted by molar-refractivity contribution is -0.123. The van der Waals surface area contributed by atoms with Gasteiger partial charge in [0.25, 0.3) is 0 Å². The summed E-state index contributed by atoms with van der Waals surface area (Å²) in [5.41, 5.74) is 0. The second kappa shape index (κ2) is 31.1. The van der Waals surface area contributed by atoms with Crippen molar-refractivity contribution in [1.82, 2.24) is 5.32 Å². The number of hydrogen-bond donors (Lipinski definition) is 2. The number of allylic oxidation sites excluding steroid dienone is 1. The van der Waals surface area contributed by atoms with Crippen molar-refractivity contribution in [3.63, 3.8) is 0 Å². The van der Waals surface area contributed by atoms with Gasteiger partial charge in [-0.3, -0.25) is 4.79 Å². The standard InChI is InChI=1S/C36H71NO3/c1-5-6-7-8-9-10-11-12-15-18-21-24-27-30-35(40-4)34(32-38)37-36(39)31-28-25-22-19-16-13-14-17-20-23-26-29-33(2)3/h27,30,33-35,38H,5-26,28-29,31-32H2,1-4H3,(H,37,39)/b30-27+/t34-,35+/m0/s1. The summed E-state index contributed by atoms with van der Waals surface area (Å²) in [5, 5.41) is 12.8. The Morgan fingerprint density at radius 1 is 0.700 bits per heavy atom. The molecule has 0 heterocycles. The predicted octanol–water partition coefficient (Wildman–Crippen LogP) is 10.5. The predicted molar refractivity (Wildman–Crippen MR) is 175 cm³/mol. The molecule has 0 aromatic heterocycles. The molecule has 0 aromatic carbocycles. The summed E-state index contributed by atoms with van der Waals surface area (Å²) >= 11 is 0. The van der Waals surface area contributed by atoms with Gasteiger partial charge >= 0.3 is 0 Å². The highest BCUT2D eigenvalue weighted by Gasteiger charge is 2.20. The third kappa shape index (κ3) is 27.3. The van der Waals surface area contributed by atoms with E-state index in [4.69, 9.17) is 4.74 Å². The van der Waals surface area contributed by atoms with Crippen molar-refractivity contribution < 1.29 is 14.6 Å². The zero-order valence-corrected chi connectivity index (χ0v) is 27.5. The molecule has 0 aliphatic carbocycles. The maximum Gasteiger partial charge on any atom is 0.220 e. The maximum absolute atomic E-state index is 12.4. The first-order chi connectivity index (χ1) is 19.5. The minimum Gasteiger partial charge on any atom is -0.394 e. The fraction of sp³-hybridized carbons (Fsp3) is 0.917. The smallest absolute Gasteiger partial charge is 0.220 e. The van der Waals surface area contributed by atoms with Crippen LogP contribution >= 0.6 is 0 Å². The van der Waals surface area contributed by atoms with E-state index in [1.54, 1.807) is 7.11 Å². The van der Waals surface area contributed by atoms with Gasteiger partial charge < -0.3 is 15.2 Å². The molecule has 0 aromatic rings. The van der Waals surface area contributed by atoms with E-state index in [-0.39, 0.29) is 24.7 Å². The lowest BCUT2D eigenvalue weighted by atomic mass is 10.0. The Bertz CT molecular complexity index is 548. The van der Waals surface area contributed by atoms with Crippen LogP contribution in [0.3, 0.4) is 0 Å². The second-order valence-electron chi connectivity index (χ2n) is 12.6. The van der Waals surface area contributed by atoms with Crippen molar-refractivity contribution in [1.29, 1.82) is 0 Å². The molecule has 0 radical (unpaired) electrons. The normalized spacial score (nSPS) is 13.3. The summed E-state index contributed by atoms with van der Waals surface area (Å²) < 4.78 is 5.58. The highest BCUT2D eigenvalue weighted by atomic mass is 16.5. The van der Waals surface area contributed by atoms with E-state index < -0.39 is 0 Å². The summed E-state index contributed by atoms with van der Waals surface area (Å²) in [5.74, 6) is 0.873. The van der Waals surface area contributed by atoms with Gasteiger partial charge in [-0.05, 0) is 25.2 Å². The number of aliphatic hydroxyl groups is 1. The van der Waals surface area contributed by atoms with E-state index in [0.717, 1.165) is 25.2 Å². The van der Waals surface area contributed by atoms with Crippen LogP contribution in [-0.4, -0.2) is 36.9 Å². The highest BCUT2D eigenvalue weighted by molar-refractivity contribution is 5.76. The summed E-state index contributed by atoms with van der Waals surface area (Å²) in [7, 11) is 1.65. The monoisotopic (exact) mass is 566 g/mol. The number of ether oxygens (including phenoxy) is 1. The number of aliphatic hydroxyl groups excluding tert-OH is 1. The molecule has 2 N–H and O–H groups in total. The topological polar surface area (TPSA) is 58.6 Å². The van der Waals surface area contributed by atoms with E-state index in [9.17, 15) is 9.90 Å². The van der Waals surface area contributed by atoms with Gasteiger partial charge in [0, 0.05) is 13.5 Å². The van der Waals surface area contributed by atoms with Crippen LogP contribution in [0.1, 0.15) is 181 Å². The van der Waals surface area contributed by atoms with Crippen molar-refractivity contribution in [2.45, 2.75) is 193 Å². The number of methoxy groups -OCH3 is 1. The van der Waals surface area contributed by atoms with Crippen LogP contribution in [0.4, 0.5) is 0 Å². The average Bonchev–Trinajstić information content (AvgIpc) is 2.94. The Morgan fingerprint density at radius 3 is 1.60 bits per heavy atom. The third-order valence-corrected chi connectivity index (χ3v) is 8.20. The van der Waals surface area contributed by atoms with Gasteiger partial charge in [0.05, 0.1) is 18.8 Å². The summed E-state index contributed by atoms with van der Waals surface area (Å²) in [6.07, 6.45) is 35.9. The van der Waals surface area contributed by atoms with Gasteiger partial charge in [-0.1, -0.05) is 168 Å². The number of rotatable bonds is 31. The first-order valence-corrected chi connectivity index (χ1v) is 17.6. The van der Waals surface area contributed by atoms with Crippen LogP contribution in [0.15, 0.2) is 12.2 Å². The first-order valence-electron chi connectivity index (χ1n) is 17.6. The molecule has 0 spiro atoms. The molecule has 0 aliphatic rings. The van der Waals surface area contributed by atoms with Crippen molar-refractivity contribution in [3.05, 3.63) is 12.2 Å². The van der Waals surface area contributed by atoms with E-state index in [1.807, 2.05) is 6.08 Å². The maximum atomic E-state index is 12.4. The molecule has 4 nitrogen and oxygen atoms in total. The van der Waals surface area contributed by atoms with Crippen molar-refractivity contribution in [2.75, 3.05) is 13.7 Å². The van der Waals surface area contributed by atoms with Crippen LogP contribution < -0.4 is 5.32 Å². The molecule has 0 saturated heterocycles. The van der Waals surface area contributed by atoms with E-state index in [2.05, 4.69) is 32.2 Å². The zero-order valence-electron chi connectivity index (χ0n) is 27.5. The van der Waals surface area contributed by atoms with Crippen LogP contribution in [0.5, 0.6) is 0 Å². The van der Waals surface area contributed by atoms with E-state index in [0.29, 0.717) is 6.42 Å². The molecule has 0 unspecified atom stereocenters. The molecule has 0 fully saturated rings. The van der Waals surface area contributed by atoms with Gasteiger partial charge in [0.1, 0.15) is 0 Å². The van der Waals surface area contributed by atoms with Crippen LogP contribution in [-0.2, 0) is 9.53 Å². The average molecular weight is 566 g/mol. The Labute approximate surface area is 250 Å². The van der Waals surface area contributed by atoms with Crippen LogP contribution in [0.2, 0.25) is 0 Å². The molecular formula is C36H71NO3. The molecule has 238 valence electrons. The van der Waals surface area contributed by atoms with Gasteiger partial charge in [0.15, 0.2) is 0 Å². The van der Waals surface area contributed by atoms with Crippen molar-refractivity contribution in [2.24, 2.45) is 5.92 Å². The number of amides is 1. The van der Waals surface area contributed by atoms with Gasteiger partial charge in [-0.15, -0.1) is 0 Å². The number of carbonyl (C=O) groups excluding carboxylic acids is 1. The number of unbranched alkanes of at least 4 members (excludes halogenated alkanes) is 21. The lowest BCUT2D eigenvalue weighted by Crippen LogP contribution is -2.45. The van der Waals surface area contributed by atoms with Gasteiger partial charge in [0.2, 0.25) is 5.91 Å². The Hall–Kier alpha value is -0.870. The van der Waals surface area contributed by atoms with Gasteiger partial charge in [-0.25, -0.2) is 0 Å². The fourth-order valence-corrected chi connectivity index (χ4v) is 5.47. The molecule has 2 atom stereocenters. The lowest BCUT2D eigenvalue weighted by Gasteiger charge is -2.23. The molecule has 0 rings (SSSR count). The minimum atomic E-state index is -0.378. The van der Waals surface area contributed by atoms with Crippen LogP contribution in [0, 0.1) is 5.92 Å². The highest BCUT2D eigenvalue weighted by Crippen LogP contribution is 2.15. The second-order valence-corrected chi connectivity index (χ2v) is 12.6. The number of nitrogens with one attached hydrogen (secondary N) is 1. The van der Waals surface area contributed by atoms with Crippen LogP contribution in [0.25, 0.3) is 0 Å². The van der Waals surface area contributed by atoms with E-state index >= 15 is 0 Å². The summed E-state index contributed by atoms with van der Waals surface area (Å²) in [6.45, 7) is 6.80. The van der Waals surface area contributed by atoms with E-state index in [1.165, 1.54) is 135 Å². The van der Waals surface area contributed by atoms with Gasteiger partial charge in [-0.2, -0.15) is 0 Å². The molecule has 4 heteroatoms. The molecule has 0 aliphatic heterocycles. The number of carbonyl (C=O) groups is 1. The molecule has 40 heavy (non-hydrogen) atoms. The Kier molecular flexibility index (Phi) is 30.4. The number of hydrogen-bond acceptors (Lipinski definition) is 3. The van der Waals surface area contributed by atoms with Crippen molar-refractivity contribution >= 4 is 5.91 Å². The molecule has 0 saturated carbocycles. The summed E-state index contributed by atoms with van der Waals surface area (Å²) in [4.78, 5) is 12.4. The SMILES string of the molecule is CCCCCCCCCCCCC/C=C/[C@@H](OC)[C@H](CO)NC(=O)CCCCCCCCCCCCCC(C)C. The van der Waals surface area contributed by atoms with Crippen molar-refractivity contribution in [3.8, 4) is 0 Å². The quantitative estimate of drug-likeness (QED) is 0.0649. The Balaban J connectivity index is 3.76. The molecule has 1 amide bonds. The fourth-order valence-electron chi connectivity index (χ4n) is 5.47. The molecule has 0 bridgehead atoms. The molecular weight excluding hydrogens is 494 g/mol. The first kappa shape index (κ1) is 39.1. The zero-order chi connectivity index (χ0) is 29.5. The summed E-state index contributed by atoms with van der Waals surface area (Å²) in [6, 6.07) is -0.378.